The summed E-state index contributed by atoms with van der Waals surface area (Å²) in [6.45, 7) is 6.81. The van der Waals surface area contributed by atoms with Crippen LogP contribution >= 0.6 is 0 Å². The van der Waals surface area contributed by atoms with Gasteiger partial charge in [0.25, 0.3) is 5.91 Å². The quantitative estimate of drug-likeness (QED) is 0.609. The van der Waals surface area contributed by atoms with Gasteiger partial charge in [-0.3, -0.25) is 4.79 Å². The molecule has 0 bridgehead atoms. The van der Waals surface area contributed by atoms with E-state index < -0.39 is 29.6 Å². The molecule has 1 saturated carbocycles. The summed E-state index contributed by atoms with van der Waals surface area (Å²) >= 11 is 0. The largest absolute Gasteiger partial charge is 0.416 e. The summed E-state index contributed by atoms with van der Waals surface area (Å²) in [5, 5.41) is 16.1. The molecule has 1 aliphatic rings. The minimum absolute atomic E-state index is 0.183. The van der Waals surface area contributed by atoms with Gasteiger partial charge < -0.3 is 15.7 Å². The lowest BCUT2D eigenvalue weighted by atomic mass is 9.85. The van der Waals surface area contributed by atoms with Crippen LogP contribution in [0.25, 0.3) is 0 Å². The third kappa shape index (κ3) is 7.26. The van der Waals surface area contributed by atoms with Crippen LogP contribution in [-0.2, 0) is 6.18 Å². The Labute approximate surface area is 169 Å². The van der Waals surface area contributed by atoms with Crippen LogP contribution < -0.4 is 10.6 Å². The first-order valence-corrected chi connectivity index (χ1v) is 9.93. The van der Waals surface area contributed by atoms with E-state index in [1.165, 1.54) is 0 Å². The maximum Gasteiger partial charge on any atom is 0.416 e. The number of rotatable bonds is 6. The SMILES string of the molecule is CC(C)(C)C(O)CNC1CCC(CNC(=O)c2cc(F)cc(C(F)(F)F)c2)CC1. The van der Waals surface area contributed by atoms with Gasteiger partial charge in [-0.1, -0.05) is 20.8 Å². The number of nitrogens with one attached hydrogen (secondary N) is 2. The lowest BCUT2D eigenvalue weighted by Crippen LogP contribution is -2.43. The van der Waals surface area contributed by atoms with Gasteiger partial charge in [0.1, 0.15) is 5.82 Å². The lowest BCUT2D eigenvalue weighted by Gasteiger charge is -2.32. The predicted molar refractivity (Wildman–Crippen MR) is 103 cm³/mol. The molecule has 0 radical (unpaired) electrons. The number of hydrogen-bond donors (Lipinski definition) is 3. The van der Waals surface area contributed by atoms with Gasteiger partial charge in [-0.2, -0.15) is 13.2 Å². The molecular weight excluding hydrogens is 388 g/mol. The van der Waals surface area contributed by atoms with Gasteiger partial charge in [0.2, 0.25) is 0 Å². The number of benzene rings is 1. The van der Waals surface area contributed by atoms with Crippen LogP contribution in [-0.4, -0.2) is 36.2 Å². The zero-order chi connectivity index (χ0) is 21.8. The van der Waals surface area contributed by atoms with E-state index in [2.05, 4.69) is 10.6 Å². The van der Waals surface area contributed by atoms with Crippen molar-refractivity contribution in [1.29, 1.82) is 0 Å². The molecule has 29 heavy (non-hydrogen) atoms. The van der Waals surface area contributed by atoms with E-state index in [1.807, 2.05) is 20.8 Å². The van der Waals surface area contributed by atoms with Crippen molar-refractivity contribution in [1.82, 2.24) is 10.6 Å². The first-order valence-electron chi connectivity index (χ1n) is 9.93. The summed E-state index contributed by atoms with van der Waals surface area (Å²) in [5.74, 6) is -1.57. The van der Waals surface area contributed by atoms with Crippen molar-refractivity contribution in [3.05, 3.63) is 35.1 Å². The average molecular weight is 418 g/mol. The molecule has 0 saturated heterocycles. The molecule has 1 unspecified atom stereocenters. The lowest BCUT2D eigenvalue weighted by molar-refractivity contribution is -0.137. The van der Waals surface area contributed by atoms with E-state index in [9.17, 15) is 27.5 Å². The van der Waals surface area contributed by atoms with Crippen LogP contribution in [0.2, 0.25) is 0 Å². The molecule has 1 amide bonds. The number of carbonyl (C=O) groups is 1. The number of aliphatic hydroxyl groups is 1. The van der Waals surface area contributed by atoms with E-state index in [0.717, 1.165) is 31.7 Å². The van der Waals surface area contributed by atoms with Crippen molar-refractivity contribution in [2.24, 2.45) is 11.3 Å². The summed E-state index contributed by atoms with van der Waals surface area (Å²) in [5.41, 5.74) is -1.69. The van der Waals surface area contributed by atoms with Gasteiger partial charge in [-0.15, -0.1) is 0 Å². The highest BCUT2D eigenvalue weighted by Gasteiger charge is 2.32. The second-order valence-corrected chi connectivity index (χ2v) is 8.94. The third-order valence-electron chi connectivity index (χ3n) is 5.48. The van der Waals surface area contributed by atoms with Gasteiger partial charge in [0.05, 0.1) is 11.7 Å². The number of amides is 1. The van der Waals surface area contributed by atoms with E-state index in [4.69, 9.17) is 0 Å². The molecule has 1 aromatic carbocycles. The van der Waals surface area contributed by atoms with Crippen molar-refractivity contribution >= 4 is 5.91 Å². The highest BCUT2D eigenvalue weighted by atomic mass is 19.4. The number of aliphatic hydroxyl groups excluding tert-OH is 1. The number of alkyl halides is 3. The number of carbonyl (C=O) groups excluding carboxylic acids is 1. The molecular formula is C21H30F4N2O2. The summed E-state index contributed by atoms with van der Waals surface area (Å²) in [7, 11) is 0. The van der Waals surface area contributed by atoms with E-state index >= 15 is 0 Å². The standard InChI is InChI=1S/C21H30F4N2O2/c1-20(2,3)18(28)12-26-17-6-4-13(5-7-17)11-27-19(29)14-8-15(21(23,24)25)10-16(22)9-14/h8-10,13,17-18,26,28H,4-7,11-12H2,1-3H3,(H,27,29). The maximum atomic E-state index is 13.5. The van der Waals surface area contributed by atoms with Crippen LogP contribution in [0.5, 0.6) is 0 Å². The Morgan fingerprint density at radius 2 is 1.76 bits per heavy atom. The van der Waals surface area contributed by atoms with Crippen LogP contribution in [0, 0.1) is 17.2 Å². The smallest absolute Gasteiger partial charge is 0.391 e. The van der Waals surface area contributed by atoms with Crippen LogP contribution in [0.1, 0.15) is 62.4 Å². The first kappa shape index (κ1) is 23.6. The zero-order valence-corrected chi connectivity index (χ0v) is 17.1. The Hall–Kier alpha value is -1.67. The van der Waals surface area contributed by atoms with Crippen molar-refractivity contribution < 1.29 is 27.5 Å². The van der Waals surface area contributed by atoms with Gasteiger partial charge in [0.15, 0.2) is 0 Å². The van der Waals surface area contributed by atoms with Crippen LogP contribution in [0.3, 0.4) is 0 Å². The molecule has 1 fully saturated rings. The first-order chi connectivity index (χ1) is 13.4. The molecule has 1 atom stereocenters. The Balaban J connectivity index is 1.79. The van der Waals surface area contributed by atoms with Crippen molar-refractivity contribution in [2.45, 2.75) is 64.8 Å². The molecule has 1 aromatic rings. The van der Waals surface area contributed by atoms with Crippen LogP contribution in [0.15, 0.2) is 18.2 Å². The summed E-state index contributed by atoms with van der Waals surface area (Å²) in [6, 6.07) is 2.16. The van der Waals surface area contributed by atoms with Gasteiger partial charge >= 0.3 is 6.18 Å². The highest BCUT2D eigenvalue weighted by molar-refractivity contribution is 5.94. The zero-order valence-electron chi connectivity index (χ0n) is 17.1. The molecule has 1 aliphatic carbocycles. The third-order valence-corrected chi connectivity index (χ3v) is 5.48. The van der Waals surface area contributed by atoms with E-state index in [-0.39, 0.29) is 16.9 Å². The van der Waals surface area contributed by atoms with Crippen molar-refractivity contribution in [3.8, 4) is 0 Å². The molecule has 164 valence electrons. The molecule has 3 N–H and O–H groups in total. The average Bonchev–Trinajstić information content (AvgIpc) is 2.63. The van der Waals surface area contributed by atoms with Crippen LogP contribution in [0.4, 0.5) is 17.6 Å². The second kappa shape index (κ2) is 9.43. The molecule has 0 aromatic heterocycles. The summed E-state index contributed by atoms with van der Waals surface area (Å²) in [6.07, 6.45) is -1.62. The molecule has 4 nitrogen and oxygen atoms in total. The Morgan fingerprint density at radius 1 is 1.14 bits per heavy atom. The minimum atomic E-state index is -4.71. The number of halogens is 4. The fourth-order valence-electron chi connectivity index (χ4n) is 3.38. The molecule has 0 aliphatic heterocycles. The topological polar surface area (TPSA) is 61.4 Å². The molecule has 0 spiro atoms. The predicted octanol–water partition coefficient (Wildman–Crippen LogP) is 4.13. The monoisotopic (exact) mass is 418 g/mol. The highest BCUT2D eigenvalue weighted by Crippen LogP contribution is 2.30. The van der Waals surface area contributed by atoms with Gasteiger partial charge in [0, 0.05) is 24.7 Å². The van der Waals surface area contributed by atoms with Crippen molar-refractivity contribution in [3.63, 3.8) is 0 Å². The Kier molecular flexibility index (Phi) is 7.67. The van der Waals surface area contributed by atoms with Gasteiger partial charge in [-0.05, 0) is 55.2 Å². The number of hydrogen-bond acceptors (Lipinski definition) is 3. The Morgan fingerprint density at radius 3 is 2.31 bits per heavy atom. The van der Waals surface area contributed by atoms with E-state index in [0.29, 0.717) is 31.3 Å². The fraction of sp³-hybridized carbons (Fsp3) is 0.667. The van der Waals surface area contributed by atoms with Gasteiger partial charge in [-0.25, -0.2) is 4.39 Å². The summed E-state index contributed by atoms with van der Waals surface area (Å²) < 4.78 is 51.8. The summed E-state index contributed by atoms with van der Waals surface area (Å²) in [4.78, 5) is 12.2. The Bertz CT molecular complexity index is 693. The van der Waals surface area contributed by atoms with E-state index in [1.54, 1.807) is 0 Å². The molecule has 2 rings (SSSR count). The maximum absolute atomic E-state index is 13.5. The second-order valence-electron chi connectivity index (χ2n) is 8.94. The van der Waals surface area contributed by atoms with Crippen molar-refractivity contribution in [2.75, 3.05) is 13.1 Å². The normalized spacial score (nSPS) is 21.7. The fourth-order valence-corrected chi connectivity index (χ4v) is 3.38. The minimum Gasteiger partial charge on any atom is -0.391 e. The molecule has 8 heteroatoms. The molecule has 0 heterocycles.